The molecule has 0 aliphatic carbocycles. The Morgan fingerprint density at radius 2 is 1.65 bits per heavy atom. The molecule has 2 aliphatic heterocycles. The monoisotopic (exact) mass is 525 g/mol. The number of nitrogens with zero attached hydrogens (tertiary/aromatic N) is 3. The summed E-state index contributed by atoms with van der Waals surface area (Å²) in [5, 5.41) is 0. The standard InChI is InChI=1S/C27H28FN3O5S/c1-37(33,34)31(18-22-4-2-3-5-24(22)28)23-9-7-21(8-10-23)27(32)30-14-12-29(13-15-30)17-20-6-11-25-26(16-20)36-19-35-25/h2-11,16H,12-15,17-19H2,1H3. The molecule has 0 bridgehead atoms. The predicted octanol–water partition coefficient (Wildman–Crippen LogP) is 3.48. The number of rotatable bonds is 7. The zero-order valence-corrected chi connectivity index (χ0v) is 21.3. The molecule has 0 atom stereocenters. The van der Waals surface area contributed by atoms with Crippen LogP contribution in [0.3, 0.4) is 0 Å². The Balaban J connectivity index is 1.21. The number of amides is 1. The molecule has 0 spiro atoms. The van der Waals surface area contributed by atoms with Crippen LogP contribution in [-0.2, 0) is 23.1 Å². The molecule has 0 saturated carbocycles. The van der Waals surface area contributed by atoms with E-state index in [1.54, 1.807) is 47.4 Å². The number of ether oxygens (including phenoxy) is 2. The second-order valence-corrected chi connectivity index (χ2v) is 11.1. The van der Waals surface area contributed by atoms with Crippen molar-refractivity contribution in [2.24, 2.45) is 0 Å². The van der Waals surface area contributed by atoms with Gasteiger partial charge >= 0.3 is 0 Å². The number of halogens is 1. The van der Waals surface area contributed by atoms with Gasteiger partial charge in [0, 0.05) is 43.9 Å². The molecule has 2 heterocycles. The zero-order valence-electron chi connectivity index (χ0n) is 20.5. The molecular weight excluding hydrogens is 497 g/mol. The van der Waals surface area contributed by atoms with Gasteiger partial charge in [-0.2, -0.15) is 0 Å². The van der Waals surface area contributed by atoms with Gasteiger partial charge in [0.15, 0.2) is 11.5 Å². The normalized spacial score (nSPS) is 15.6. The first-order valence-corrected chi connectivity index (χ1v) is 13.8. The molecule has 1 fully saturated rings. The molecule has 8 nitrogen and oxygen atoms in total. The third-order valence-corrected chi connectivity index (χ3v) is 7.72. The first kappa shape index (κ1) is 25.0. The maximum absolute atomic E-state index is 14.1. The van der Waals surface area contributed by atoms with Crippen molar-refractivity contribution >= 4 is 21.6 Å². The van der Waals surface area contributed by atoms with Crippen LogP contribution in [0.4, 0.5) is 10.1 Å². The summed E-state index contributed by atoms with van der Waals surface area (Å²) in [6.45, 7) is 3.53. The van der Waals surface area contributed by atoms with Crippen molar-refractivity contribution in [2.75, 3.05) is 43.5 Å². The lowest BCUT2D eigenvalue weighted by Gasteiger charge is -2.35. The molecule has 194 valence electrons. The number of anilines is 1. The van der Waals surface area contributed by atoms with Crippen LogP contribution in [0.1, 0.15) is 21.5 Å². The molecule has 1 saturated heterocycles. The van der Waals surface area contributed by atoms with Gasteiger partial charge in [0.2, 0.25) is 16.8 Å². The van der Waals surface area contributed by atoms with E-state index in [0.29, 0.717) is 24.3 Å². The van der Waals surface area contributed by atoms with Crippen LogP contribution in [0.5, 0.6) is 11.5 Å². The smallest absolute Gasteiger partial charge is 0.253 e. The van der Waals surface area contributed by atoms with Gasteiger partial charge < -0.3 is 14.4 Å². The van der Waals surface area contributed by atoms with E-state index in [2.05, 4.69) is 4.90 Å². The average molecular weight is 526 g/mol. The summed E-state index contributed by atoms with van der Waals surface area (Å²) in [5.74, 6) is 0.949. The number of fused-ring (bicyclic) bond motifs is 1. The Labute approximate surface area is 215 Å². The highest BCUT2D eigenvalue weighted by Gasteiger charge is 2.24. The Hall–Kier alpha value is -3.63. The lowest BCUT2D eigenvalue weighted by molar-refractivity contribution is 0.0628. The van der Waals surface area contributed by atoms with E-state index in [0.717, 1.165) is 47.3 Å². The fourth-order valence-electron chi connectivity index (χ4n) is 4.54. The van der Waals surface area contributed by atoms with Gasteiger partial charge in [0.1, 0.15) is 5.82 Å². The average Bonchev–Trinajstić information content (AvgIpc) is 3.36. The van der Waals surface area contributed by atoms with Crippen LogP contribution in [0.2, 0.25) is 0 Å². The van der Waals surface area contributed by atoms with Crippen LogP contribution in [0, 0.1) is 5.82 Å². The number of carbonyl (C=O) groups is 1. The van der Waals surface area contributed by atoms with Crippen LogP contribution in [0.15, 0.2) is 66.7 Å². The van der Waals surface area contributed by atoms with Gasteiger partial charge in [-0.05, 0) is 48.0 Å². The van der Waals surface area contributed by atoms with Crippen molar-refractivity contribution < 1.29 is 27.1 Å². The summed E-state index contributed by atoms with van der Waals surface area (Å²) < 4.78 is 51.0. The molecule has 0 N–H and O–H groups in total. The molecule has 0 unspecified atom stereocenters. The molecule has 3 aromatic carbocycles. The minimum Gasteiger partial charge on any atom is -0.454 e. The van der Waals surface area contributed by atoms with E-state index < -0.39 is 15.8 Å². The van der Waals surface area contributed by atoms with E-state index >= 15 is 0 Å². The van der Waals surface area contributed by atoms with Crippen molar-refractivity contribution in [2.45, 2.75) is 13.1 Å². The fraction of sp³-hybridized carbons (Fsp3) is 0.296. The first-order chi connectivity index (χ1) is 17.8. The summed E-state index contributed by atoms with van der Waals surface area (Å²) >= 11 is 0. The molecule has 3 aromatic rings. The molecule has 1 amide bonds. The summed E-state index contributed by atoms with van der Waals surface area (Å²) in [6, 6.07) is 18.4. The quantitative estimate of drug-likeness (QED) is 0.470. The third kappa shape index (κ3) is 5.70. The molecule has 0 radical (unpaired) electrons. The van der Waals surface area contributed by atoms with Gasteiger partial charge in [-0.1, -0.05) is 24.3 Å². The van der Waals surface area contributed by atoms with Gasteiger partial charge in [-0.3, -0.25) is 14.0 Å². The summed E-state index contributed by atoms with van der Waals surface area (Å²) in [6.07, 6.45) is 1.08. The Kier molecular flexibility index (Phi) is 7.03. The van der Waals surface area contributed by atoms with Crippen molar-refractivity contribution in [1.82, 2.24) is 9.80 Å². The second kappa shape index (κ2) is 10.4. The summed E-state index contributed by atoms with van der Waals surface area (Å²) in [5.41, 5.74) is 2.25. The van der Waals surface area contributed by atoms with Crippen LogP contribution in [-0.4, -0.2) is 63.4 Å². The maximum atomic E-state index is 14.1. The minimum absolute atomic E-state index is 0.103. The van der Waals surface area contributed by atoms with E-state index in [1.165, 1.54) is 6.07 Å². The molecular formula is C27H28FN3O5S. The molecule has 0 aromatic heterocycles. The van der Waals surface area contributed by atoms with Gasteiger partial charge in [0.25, 0.3) is 5.91 Å². The number of hydrogen-bond acceptors (Lipinski definition) is 6. The lowest BCUT2D eigenvalue weighted by Crippen LogP contribution is -2.48. The zero-order chi connectivity index (χ0) is 26.0. The van der Waals surface area contributed by atoms with Gasteiger partial charge in [-0.15, -0.1) is 0 Å². The van der Waals surface area contributed by atoms with Crippen molar-refractivity contribution in [3.8, 4) is 11.5 Å². The first-order valence-electron chi connectivity index (χ1n) is 12.0. The van der Waals surface area contributed by atoms with Crippen molar-refractivity contribution in [3.63, 3.8) is 0 Å². The SMILES string of the molecule is CS(=O)(=O)N(Cc1ccccc1F)c1ccc(C(=O)N2CCN(Cc3ccc4c(c3)OCO4)CC2)cc1. The van der Waals surface area contributed by atoms with Crippen LogP contribution >= 0.6 is 0 Å². The minimum atomic E-state index is -3.67. The number of hydrogen-bond donors (Lipinski definition) is 0. The van der Waals surface area contributed by atoms with E-state index in [1.807, 2.05) is 18.2 Å². The predicted molar refractivity (Wildman–Crippen MR) is 138 cm³/mol. The topological polar surface area (TPSA) is 79.4 Å². The molecule has 2 aliphatic rings. The maximum Gasteiger partial charge on any atom is 0.253 e. The van der Waals surface area contributed by atoms with Crippen LogP contribution in [0.25, 0.3) is 0 Å². The second-order valence-electron chi connectivity index (χ2n) is 9.16. The third-order valence-electron chi connectivity index (χ3n) is 6.58. The lowest BCUT2D eigenvalue weighted by atomic mass is 10.1. The van der Waals surface area contributed by atoms with E-state index in [4.69, 9.17) is 9.47 Å². The van der Waals surface area contributed by atoms with Crippen molar-refractivity contribution in [1.29, 1.82) is 0 Å². The summed E-state index contributed by atoms with van der Waals surface area (Å²) in [4.78, 5) is 17.2. The molecule has 37 heavy (non-hydrogen) atoms. The van der Waals surface area contributed by atoms with Crippen LogP contribution < -0.4 is 13.8 Å². The van der Waals surface area contributed by atoms with E-state index in [-0.39, 0.29) is 24.8 Å². The highest BCUT2D eigenvalue weighted by atomic mass is 32.2. The molecule has 10 heteroatoms. The van der Waals surface area contributed by atoms with Gasteiger partial charge in [0.05, 0.1) is 18.5 Å². The largest absolute Gasteiger partial charge is 0.454 e. The Bertz CT molecular complexity index is 1390. The highest BCUT2D eigenvalue weighted by Crippen LogP contribution is 2.33. The number of carbonyl (C=O) groups excluding carboxylic acids is 1. The molecule has 5 rings (SSSR count). The number of benzene rings is 3. The number of piperazine rings is 1. The summed E-state index contributed by atoms with van der Waals surface area (Å²) in [7, 11) is -3.67. The van der Waals surface area contributed by atoms with Crippen molar-refractivity contribution in [3.05, 3.63) is 89.2 Å². The Morgan fingerprint density at radius 1 is 0.946 bits per heavy atom. The highest BCUT2D eigenvalue weighted by molar-refractivity contribution is 7.92. The Morgan fingerprint density at radius 3 is 2.35 bits per heavy atom. The number of sulfonamides is 1. The van der Waals surface area contributed by atoms with E-state index in [9.17, 15) is 17.6 Å². The fourth-order valence-corrected chi connectivity index (χ4v) is 5.42. The van der Waals surface area contributed by atoms with Gasteiger partial charge in [-0.25, -0.2) is 12.8 Å².